The van der Waals surface area contributed by atoms with Crippen molar-refractivity contribution in [2.75, 3.05) is 6.61 Å². The van der Waals surface area contributed by atoms with Gasteiger partial charge in [0.15, 0.2) is 0 Å². The van der Waals surface area contributed by atoms with Crippen molar-refractivity contribution in [1.29, 1.82) is 0 Å². The molecule has 0 rings (SSSR count). The summed E-state index contributed by atoms with van der Waals surface area (Å²) in [7, 11) is 0. The zero-order valence-electron chi connectivity index (χ0n) is 8.10. The second kappa shape index (κ2) is 4.52. The van der Waals surface area contributed by atoms with Crippen molar-refractivity contribution in [1.82, 2.24) is 0 Å². The van der Waals surface area contributed by atoms with E-state index in [1.54, 1.807) is 0 Å². The van der Waals surface area contributed by atoms with Crippen LogP contribution in [0.5, 0.6) is 0 Å². The van der Waals surface area contributed by atoms with Gasteiger partial charge in [-0.1, -0.05) is 6.08 Å². The fourth-order valence-corrected chi connectivity index (χ4v) is 0.383. The van der Waals surface area contributed by atoms with Gasteiger partial charge in [-0.25, -0.2) is 9.78 Å². The Morgan fingerprint density at radius 1 is 1.36 bits per heavy atom. The van der Waals surface area contributed by atoms with E-state index >= 15 is 0 Å². The number of rotatable bonds is 3. The van der Waals surface area contributed by atoms with Gasteiger partial charge < -0.3 is 0 Å². The molecule has 2 heteroatoms. The third-order valence-corrected chi connectivity index (χ3v) is 1.09. The molecular weight excluding hydrogens is 140 g/mol. The smallest absolute Gasteiger partial charge is 0.103 e. The molecule has 0 saturated carbocycles. The maximum absolute atomic E-state index is 5.06. The van der Waals surface area contributed by atoms with Crippen LogP contribution in [-0.4, -0.2) is 12.2 Å². The summed E-state index contributed by atoms with van der Waals surface area (Å²) in [5.74, 6) is 0. The van der Waals surface area contributed by atoms with Crippen LogP contribution in [0.1, 0.15) is 34.6 Å². The van der Waals surface area contributed by atoms with E-state index < -0.39 is 0 Å². The molecule has 0 aromatic carbocycles. The second-order valence-electron chi connectivity index (χ2n) is 3.59. The normalized spacial score (nSPS) is 13.7. The van der Waals surface area contributed by atoms with Crippen molar-refractivity contribution in [2.45, 2.75) is 40.2 Å². The Bertz CT molecular complexity index is 131. The number of hydrogen-bond donors (Lipinski definition) is 0. The summed E-state index contributed by atoms with van der Waals surface area (Å²) in [6, 6.07) is 0. The Morgan fingerprint density at radius 2 is 1.91 bits per heavy atom. The average Bonchev–Trinajstić information content (AvgIpc) is 1.85. The van der Waals surface area contributed by atoms with Crippen molar-refractivity contribution in [3.05, 3.63) is 11.6 Å². The van der Waals surface area contributed by atoms with Crippen LogP contribution >= 0.6 is 0 Å². The van der Waals surface area contributed by atoms with Crippen LogP contribution in [0, 0.1) is 0 Å². The molecule has 0 amide bonds. The molecule has 0 aliphatic carbocycles. The highest BCUT2D eigenvalue weighted by molar-refractivity contribution is 4.94. The average molecular weight is 158 g/mol. The SMILES string of the molecule is C/C=C(\C)COOC(C)(C)C. The van der Waals surface area contributed by atoms with E-state index in [-0.39, 0.29) is 5.60 Å². The van der Waals surface area contributed by atoms with Crippen LogP contribution in [0.2, 0.25) is 0 Å². The van der Waals surface area contributed by atoms with E-state index in [1.165, 1.54) is 5.57 Å². The monoisotopic (exact) mass is 158 g/mol. The first kappa shape index (κ1) is 10.7. The van der Waals surface area contributed by atoms with Crippen molar-refractivity contribution in [2.24, 2.45) is 0 Å². The van der Waals surface area contributed by atoms with Gasteiger partial charge in [0.25, 0.3) is 0 Å². The molecule has 0 fully saturated rings. The minimum atomic E-state index is -0.214. The lowest BCUT2D eigenvalue weighted by atomic mass is 10.2. The van der Waals surface area contributed by atoms with Crippen LogP contribution in [0.15, 0.2) is 11.6 Å². The van der Waals surface area contributed by atoms with Crippen LogP contribution in [0.3, 0.4) is 0 Å². The molecule has 0 bridgehead atoms. The molecule has 0 aromatic heterocycles. The molecule has 0 unspecified atom stereocenters. The zero-order valence-corrected chi connectivity index (χ0v) is 8.10. The van der Waals surface area contributed by atoms with Gasteiger partial charge in [-0.3, -0.25) is 0 Å². The van der Waals surface area contributed by atoms with Gasteiger partial charge in [0.05, 0.1) is 5.60 Å². The summed E-state index contributed by atoms with van der Waals surface area (Å²) >= 11 is 0. The van der Waals surface area contributed by atoms with Crippen LogP contribution in [0.4, 0.5) is 0 Å². The van der Waals surface area contributed by atoms with Gasteiger partial charge in [0.2, 0.25) is 0 Å². The Kier molecular flexibility index (Phi) is 4.38. The predicted molar refractivity (Wildman–Crippen MR) is 46.2 cm³/mol. The molecule has 2 nitrogen and oxygen atoms in total. The van der Waals surface area contributed by atoms with Crippen molar-refractivity contribution < 1.29 is 9.78 Å². The van der Waals surface area contributed by atoms with E-state index in [0.717, 1.165) is 0 Å². The zero-order chi connectivity index (χ0) is 8.91. The third kappa shape index (κ3) is 7.56. The highest BCUT2D eigenvalue weighted by Gasteiger charge is 2.10. The lowest BCUT2D eigenvalue weighted by molar-refractivity contribution is -0.343. The summed E-state index contributed by atoms with van der Waals surface area (Å²) in [5, 5.41) is 0. The second-order valence-corrected chi connectivity index (χ2v) is 3.59. The molecule has 0 atom stereocenters. The fourth-order valence-electron chi connectivity index (χ4n) is 0.383. The van der Waals surface area contributed by atoms with Gasteiger partial charge in [0.1, 0.15) is 6.61 Å². The molecule has 0 spiro atoms. The molecule has 0 aliphatic rings. The molecule has 0 aromatic rings. The minimum absolute atomic E-state index is 0.214. The lowest BCUT2D eigenvalue weighted by Gasteiger charge is -2.17. The first-order valence-corrected chi connectivity index (χ1v) is 3.88. The molecule has 11 heavy (non-hydrogen) atoms. The molecule has 0 saturated heterocycles. The van der Waals surface area contributed by atoms with Crippen LogP contribution in [0.25, 0.3) is 0 Å². The van der Waals surface area contributed by atoms with E-state index in [9.17, 15) is 0 Å². The van der Waals surface area contributed by atoms with Crippen molar-refractivity contribution >= 4 is 0 Å². The third-order valence-electron chi connectivity index (χ3n) is 1.09. The van der Waals surface area contributed by atoms with E-state index in [0.29, 0.717) is 6.61 Å². The molecule has 0 aliphatic heterocycles. The summed E-state index contributed by atoms with van der Waals surface area (Å²) in [5.41, 5.74) is 0.961. The Morgan fingerprint density at radius 3 is 2.27 bits per heavy atom. The highest BCUT2D eigenvalue weighted by atomic mass is 17.2. The lowest BCUT2D eigenvalue weighted by Crippen LogP contribution is -2.19. The molecular formula is C9H18O2. The molecule has 0 heterocycles. The topological polar surface area (TPSA) is 18.5 Å². The molecule has 66 valence electrons. The Hall–Kier alpha value is -0.340. The predicted octanol–water partition coefficient (Wildman–Crippen LogP) is 2.70. The number of hydrogen-bond acceptors (Lipinski definition) is 2. The first-order chi connectivity index (χ1) is 4.95. The quantitative estimate of drug-likeness (QED) is 0.357. The summed E-state index contributed by atoms with van der Waals surface area (Å²) in [6.45, 7) is 10.4. The largest absolute Gasteiger partial charge is 0.232 e. The summed E-state index contributed by atoms with van der Waals surface area (Å²) < 4.78 is 0. The van der Waals surface area contributed by atoms with Crippen molar-refractivity contribution in [3.8, 4) is 0 Å². The standard InChI is InChI=1S/C9H18O2/c1-6-8(2)7-10-11-9(3,4)5/h6H,7H2,1-5H3/b8-6+. The molecule has 0 N–H and O–H groups in total. The van der Waals surface area contributed by atoms with Gasteiger partial charge in [-0.05, 0) is 40.2 Å². The summed E-state index contributed by atoms with van der Waals surface area (Å²) in [6.07, 6.45) is 2.01. The number of allylic oxidation sites excluding steroid dienone is 1. The molecule has 0 radical (unpaired) electrons. The first-order valence-electron chi connectivity index (χ1n) is 3.88. The minimum Gasteiger partial charge on any atom is -0.232 e. The summed E-state index contributed by atoms with van der Waals surface area (Å²) in [4.78, 5) is 10.0. The van der Waals surface area contributed by atoms with E-state index in [2.05, 4.69) is 0 Å². The van der Waals surface area contributed by atoms with E-state index in [1.807, 2.05) is 40.7 Å². The fraction of sp³-hybridized carbons (Fsp3) is 0.778. The van der Waals surface area contributed by atoms with Crippen LogP contribution in [-0.2, 0) is 9.78 Å². The Balaban J connectivity index is 3.43. The highest BCUT2D eigenvalue weighted by Crippen LogP contribution is 2.07. The maximum Gasteiger partial charge on any atom is 0.103 e. The van der Waals surface area contributed by atoms with Gasteiger partial charge in [-0.2, -0.15) is 0 Å². The van der Waals surface area contributed by atoms with Gasteiger partial charge in [0, 0.05) is 0 Å². The van der Waals surface area contributed by atoms with E-state index in [4.69, 9.17) is 9.78 Å². The Labute approximate surface area is 69.1 Å². The van der Waals surface area contributed by atoms with Gasteiger partial charge >= 0.3 is 0 Å². The van der Waals surface area contributed by atoms with Gasteiger partial charge in [-0.15, -0.1) is 0 Å². The maximum atomic E-state index is 5.06. The van der Waals surface area contributed by atoms with Crippen LogP contribution < -0.4 is 0 Å². The van der Waals surface area contributed by atoms with Crippen molar-refractivity contribution in [3.63, 3.8) is 0 Å².